The Bertz CT molecular complexity index is 863. The molecule has 24 heavy (non-hydrogen) atoms. The molecule has 122 valence electrons. The zero-order chi connectivity index (χ0) is 17.3. The molecule has 3 rings (SSSR count). The highest BCUT2D eigenvalue weighted by atomic mass is 16.4. The first-order valence-electron chi connectivity index (χ1n) is 7.19. The standard InChI is InChI=1S/C16H14N4O4/c1-20-6-5-9-7-12(10(15(21)22)8-13(9)20)18-19-14-4-2-3-11(17-14)16(23)24/h2-4,7-8H,5-6H2,1H3,(H,21,22)(H,23,24). The number of likely N-dealkylation sites (N-methyl/N-ethyl adjacent to an activating group) is 1. The summed E-state index contributed by atoms with van der Waals surface area (Å²) in [5.74, 6) is -2.16. The fraction of sp³-hybridized carbons (Fsp3) is 0.188. The molecule has 2 heterocycles. The van der Waals surface area contributed by atoms with Crippen molar-refractivity contribution in [2.24, 2.45) is 10.2 Å². The molecule has 2 aromatic rings. The molecule has 1 aromatic carbocycles. The van der Waals surface area contributed by atoms with E-state index in [-0.39, 0.29) is 22.8 Å². The zero-order valence-corrected chi connectivity index (χ0v) is 12.8. The topological polar surface area (TPSA) is 115 Å². The van der Waals surface area contributed by atoms with Gasteiger partial charge in [0.25, 0.3) is 0 Å². The molecular weight excluding hydrogens is 312 g/mol. The SMILES string of the molecule is CN1CCc2cc(N=Nc3cccc(C(=O)O)n3)c(C(=O)O)cc21. The summed E-state index contributed by atoms with van der Waals surface area (Å²) in [5.41, 5.74) is 1.99. The van der Waals surface area contributed by atoms with E-state index >= 15 is 0 Å². The smallest absolute Gasteiger partial charge is 0.354 e. The number of aromatic nitrogens is 1. The van der Waals surface area contributed by atoms with Gasteiger partial charge in [0.1, 0.15) is 5.69 Å². The molecule has 2 N–H and O–H groups in total. The van der Waals surface area contributed by atoms with Gasteiger partial charge in [-0.25, -0.2) is 14.6 Å². The number of rotatable bonds is 4. The molecule has 0 aliphatic carbocycles. The van der Waals surface area contributed by atoms with Gasteiger partial charge in [0.05, 0.1) is 5.56 Å². The van der Waals surface area contributed by atoms with Crippen molar-refractivity contribution in [1.82, 2.24) is 4.98 Å². The summed E-state index contributed by atoms with van der Waals surface area (Å²) in [5, 5.41) is 26.2. The fourth-order valence-corrected chi connectivity index (χ4v) is 2.54. The van der Waals surface area contributed by atoms with Crippen LogP contribution in [0.25, 0.3) is 0 Å². The van der Waals surface area contributed by atoms with Crippen molar-refractivity contribution in [3.8, 4) is 0 Å². The fourth-order valence-electron chi connectivity index (χ4n) is 2.54. The van der Waals surface area contributed by atoms with E-state index in [1.165, 1.54) is 18.2 Å². The van der Waals surface area contributed by atoms with Crippen LogP contribution < -0.4 is 4.90 Å². The van der Waals surface area contributed by atoms with E-state index < -0.39 is 11.9 Å². The molecule has 0 saturated carbocycles. The summed E-state index contributed by atoms with van der Waals surface area (Å²) >= 11 is 0. The molecule has 8 heteroatoms. The van der Waals surface area contributed by atoms with Crippen LogP contribution in [0.3, 0.4) is 0 Å². The summed E-state index contributed by atoms with van der Waals surface area (Å²) < 4.78 is 0. The van der Waals surface area contributed by atoms with E-state index in [4.69, 9.17) is 5.11 Å². The van der Waals surface area contributed by atoms with Crippen LogP contribution in [0.2, 0.25) is 0 Å². The molecule has 0 saturated heterocycles. The van der Waals surface area contributed by atoms with Gasteiger partial charge >= 0.3 is 11.9 Å². The summed E-state index contributed by atoms with van der Waals surface area (Å²) in [4.78, 5) is 28.2. The third-order valence-corrected chi connectivity index (χ3v) is 3.77. The number of fused-ring (bicyclic) bond motifs is 1. The van der Waals surface area contributed by atoms with Crippen LogP contribution in [0, 0.1) is 0 Å². The van der Waals surface area contributed by atoms with Gasteiger partial charge in [-0.1, -0.05) is 6.07 Å². The van der Waals surface area contributed by atoms with Crippen LogP contribution in [-0.2, 0) is 6.42 Å². The highest BCUT2D eigenvalue weighted by Gasteiger charge is 2.21. The first-order chi connectivity index (χ1) is 11.5. The second kappa shape index (κ2) is 6.07. The minimum atomic E-state index is -1.17. The number of anilines is 1. The number of carbonyl (C=O) groups is 2. The molecule has 0 fully saturated rings. The van der Waals surface area contributed by atoms with Gasteiger partial charge in [-0.3, -0.25) is 0 Å². The molecule has 0 bridgehead atoms. The maximum atomic E-state index is 11.5. The number of carboxylic acid groups (broad SMARTS) is 2. The van der Waals surface area contributed by atoms with Gasteiger partial charge in [-0.2, -0.15) is 0 Å². The number of hydrogen-bond donors (Lipinski definition) is 2. The Balaban J connectivity index is 1.99. The molecule has 8 nitrogen and oxygen atoms in total. The van der Waals surface area contributed by atoms with Crippen molar-refractivity contribution in [2.75, 3.05) is 18.5 Å². The highest BCUT2D eigenvalue weighted by Crippen LogP contribution is 2.34. The van der Waals surface area contributed by atoms with E-state index in [1.54, 1.807) is 12.1 Å². The maximum absolute atomic E-state index is 11.5. The van der Waals surface area contributed by atoms with Crippen LogP contribution in [0.1, 0.15) is 26.4 Å². The lowest BCUT2D eigenvalue weighted by Gasteiger charge is -2.13. The number of aromatic carboxylic acids is 2. The monoisotopic (exact) mass is 326 g/mol. The number of hydrogen-bond acceptors (Lipinski definition) is 6. The zero-order valence-electron chi connectivity index (χ0n) is 12.8. The third kappa shape index (κ3) is 2.94. The van der Waals surface area contributed by atoms with Crippen molar-refractivity contribution < 1.29 is 19.8 Å². The summed E-state index contributed by atoms with van der Waals surface area (Å²) in [7, 11) is 1.90. The predicted octanol–water partition coefficient (Wildman–Crippen LogP) is 2.89. The first-order valence-corrected chi connectivity index (χ1v) is 7.19. The number of azo groups is 1. The Kier molecular flexibility index (Phi) is 3.95. The lowest BCUT2D eigenvalue weighted by Crippen LogP contribution is -2.13. The van der Waals surface area contributed by atoms with Gasteiger partial charge in [0.15, 0.2) is 11.5 Å². The molecule has 0 atom stereocenters. The second-order valence-electron chi connectivity index (χ2n) is 5.36. The number of carboxylic acids is 2. The van der Waals surface area contributed by atoms with Crippen molar-refractivity contribution in [1.29, 1.82) is 0 Å². The van der Waals surface area contributed by atoms with E-state index in [9.17, 15) is 14.7 Å². The Morgan fingerprint density at radius 3 is 2.67 bits per heavy atom. The molecule has 1 aliphatic rings. The summed E-state index contributed by atoms with van der Waals surface area (Å²) in [6, 6.07) is 7.63. The Labute approximate surface area is 137 Å². The Morgan fingerprint density at radius 1 is 1.17 bits per heavy atom. The first kappa shape index (κ1) is 15.6. The van der Waals surface area contributed by atoms with Gasteiger partial charge in [0.2, 0.25) is 0 Å². The van der Waals surface area contributed by atoms with Crippen LogP contribution in [0.4, 0.5) is 17.2 Å². The predicted molar refractivity (Wildman–Crippen MR) is 85.7 cm³/mol. The van der Waals surface area contributed by atoms with Crippen molar-refractivity contribution in [2.45, 2.75) is 6.42 Å². The van der Waals surface area contributed by atoms with Crippen molar-refractivity contribution in [3.63, 3.8) is 0 Å². The largest absolute Gasteiger partial charge is 0.478 e. The second-order valence-corrected chi connectivity index (χ2v) is 5.36. The molecule has 0 spiro atoms. The molecule has 0 amide bonds. The number of pyridine rings is 1. The maximum Gasteiger partial charge on any atom is 0.354 e. The Morgan fingerprint density at radius 2 is 1.96 bits per heavy atom. The van der Waals surface area contributed by atoms with Gasteiger partial charge in [-0.05, 0) is 36.2 Å². The van der Waals surface area contributed by atoms with E-state index in [1.807, 2.05) is 11.9 Å². The highest BCUT2D eigenvalue weighted by molar-refractivity contribution is 5.95. The summed E-state index contributed by atoms with van der Waals surface area (Å²) in [6.07, 6.45) is 0.807. The van der Waals surface area contributed by atoms with Crippen molar-refractivity contribution in [3.05, 3.63) is 47.2 Å². The average molecular weight is 326 g/mol. The third-order valence-electron chi connectivity index (χ3n) is 3.77. The van der Waals surface area contributed by atoms with Crippen LogP contribution in [0.5, 0.6) is 0 Å². The van der Waals surface area contributed by atoms with Gasteiger partial charge in [0, 0.05) is 19.3 Å². The van der Waals surface area contributed by atoms with E-state index in [0.29, 0.717) is 0 Å². The van der Waals surface area contributed by atoms with E-state index in [0.717, 1.165) is 24.2 Å². The molecule has 0 radical (unpaired) electrons. The number of nitrogens with zero attached hydrogens (tertiary/aromatic N) is 4. The molecule has 0 unspecified atom stereocenters. The minimum absolute atomic E-state index is 0.0423. The molecule has 1 aromatic heterocycles. The minimum Gasteiger partial charge on any atom is -0.478 e. The lowest BCUT2D eigenvalue weighted by atomic mass is 10.1. The Hall–Kier alpha value is -3.29. The average Bonchev–Trinajstić information content (AvgIpc) is 2.92. The molecule has 1 aliphatic heterocycles. The van der Waals surface area contributed by atoms with Crippen LogP contribution in [0.15, 0.2) is 40.6 Å². The van der Waals surface area contributed by atoms with Gasteiger partial charge in [-0.15, -0.1) is 10.2 Å². The van der Waals surface area contributed by atoms with Crippen LogP contribution >= 0.6 is 0 Å². The van der Waals surface area contributed by atoms with Crippen molar-refractivity contribution >= 4 is 29.1 Å². The lowest BCUT2D eigenvalue weighted by molar-refractivity contribution is 0.0683. The quantitative estimate of drug-likeness (QED) is 0.835. The van der Waals surface area contributed by atoms with Gasteiger partial charge < -0.3 is 15.1 Å². The van der Waals surface area contributed by atoms with E-state index in [2.05, 4.69) is 15.2 Å². The summed E-state index contributed by atoms with van der Waals surface area (Å²) in [6.45, 7) is 0.817. The molecular formula is C16H14N4O4. The van der Waals surface area contributed by atoms with Crippen LogP contribution in [-0.4, -0.2) is 40.7 Å². The number of benzene rings is 1. The normalized spacial score (nSPS) is 13.3.